The molecule has 0 aliphatic rings. The fraction of sp³-hybridized carbons (Fsp3) is 0.294. The van der Waals surface area contributed by atoms with E-state index < -0.39 is 0 Å². The fourth-order valence-corrected chi connectivity index (χ4v) is 2.01. The molecule has 0 nitrogen and oxygen atoms in total. The first-order valence-corrected chi connectivity index (χ1v) is 6.44. The van der Waals surface area contributed by atoms with Crippen LogP contribution in [0.15, 0.2) is 48.5 Å². The Kier molecular flexibility index (Phi) is 3.81. The molecule has 94 valence electrons. The van der Waals surface area contributed by atoms with Crippen molar-refractivity contribution >= 4 is 0 Å². The molecule has 0 saturated carbocycles. The van der Waals surface area contributed by atoms with E-state index in [1.807, 2.05) is 12.1 Å². The van der Waals surface area contributed by atoms with E-state index in [4.69, 9.17) is 0 Å². The fourth-order valence-electron chi connectivity index (χ4n) is 2.01. The molecule has 2 rings (SSSR count). The van der Waals surface area contributed by atoms with Crippen molar-refractivity contribution in [1.82, 2.24) is 0 Å². The highest BCUT2D eigenvalue weighted by Crippen LogP contribution is 2.26. The highest BCUT2D eigenvalue weighted by Gasteiger charge is 2.09. The Balaban J connectivity index is 2.24. The number of hydrogen-bond acceptors (Lipinski definition) is 0. The summed E-state index contributed by atoms with van der Waals surface area (Å²) in [6.45, 7) is 6.72. The molecule has 2 aromatic rings. The molecule has 0 aromatic heterocycles. The molecular weight excluding hydrogens is 223 g/mol. The zero-order valence-electron chi connectivity index (χ0n) is 11.2. The Morgan fingerprint density at radius 1 is 0.722 bits per heavy atom. The Morgan fingerprint density at radius 3 is 1.61 bits per heavy atom. The average Bonchev–Trinajstić information content (AvgIpc) is 2.39. The van der Waals surface area contributed by atoms with Crippen molar-refractivity contribution in [3.05, 3.63) is 59.9 Å². The zero-order valence-corrected chi connectivity index (χ0v) is 11.2. The molecule has 0 aliphatic heterocycles. The van der Waals surface area contributed by atoms with Crippen LogP contribution in [0.3, 0.4) is 0 Å². The molecule has 0 N–H and O–H groups in total. The van der Waals surface area contributed by atoms with Gasteiger partial charge in [-0.15, -0.1) is 0 Å². The molecule has 0 radical (unpaired) electrons. The van der Waals surface area contributed by atoms with E-state index in [0.29, 0.717) is 11.8 Å². The standard InChI is InChI=1S/C17H19F/c1-12(2)13(3)14-4-6-15(7-5-14)16-8-10-17(18)11-9-16/h4-13H,1-3H3. The van der Waals surface area contributed by atoms with Crippen molar-refractivity contribution in [2.75, 3.05) is 0 Å². The topological polar surface area (TPSA) is 0 Å². The lowest BCUT2D eigenvalue weighted by Gasteiger charge is -2.16. The Bertz CT molecular complexity index is 494. The smallest absolute Gasteiger partial charge is 0.123 e. The van der Waals surface area contributed by atoms with Gasteiger partial charge in [-0.25, -0.2) is 4.39 Å². The maximum atomic E-state index is 12.9. The summed E-state index contributed by atoms with van der Waals surface area (Å²) in [6, 6.07) is 15.2. The third-order valence-corrected chi connectivity index (χ3v) is 3.61. The Morgan fingerprint density at radius 2 is 1.17 bits per heavy atom. The average molecular weight is 242 g/mol. The minimum atomic E-state index is -0.191. The van der Waals surface area contributed by atoms with Gasteiger partial charge in [0.25, 0.3) is 0 Å². The first-order chi connectivity index (χ1) is 8.58. The summed E-state index contributed by atoms with van der Waals surface area (Å²) in [5.74, 6) is 1.01. The van der Waals surface area contributed by atoms with Crippen LogP contribution in [-0.4, -0.2) is 0 Å². The van der Waals surface area contributed by atoms with Gasteiger partial charge in [-0.1, -0.05) is 57.2 Å². The Labute approximate surface area is 108 Å². The third-order valence-electron chi connectivity index (χ3n) is 3.61. The predicted molar refractivity (Wildman–Crippen MR) is 75.1 cm³/mol. The molecule has 2 aromatic carbocycles. The van der Waals surface area contributed by atoms with Crippen LogP contribution in [0, 0.1) is 11.7 Å². The lowest BCUT2D eigenvalue weighted by molar-refractivity contribution is 0.535. The maximum absolute atomic E-state index is 12.9. The van der Waals surface area contributed by atoms with Gasteiger partial charge in [-0.05, 0) is 40.7 Å². The second-order valence-corrected chi connectivity index (χ2v) is 5.16. The number of halogens is 1. The highest BCUT2D eigenvalue weighted by molar-refractivity contribution is 5.63. The summed E-state index contributed by atoms with van der Waals surface area (Å²) in [5, 5.41) is 0. The first kappa shape index (κ1) is 12.8. The molecule has 0 bridgehead atoms. The van der Waals surface area contributed by atoms with Crippen LogP contribution >= 0.6 is 0 Å². The van der Waals surface area contributed by atoms with E-state index in [9.17, 15) is 4.39 Å². The summed E-state index contributed by atoms with van der Waals surface area (Å²) < 4.78 is 12.9. The molecule has 0 fully saturated rings. The normalized spacial score (nSPS) is 12.7. The van der Waals surface area contributed by atoms with Crippen LogP contribution in [0.4, 0.5) is 4.39 Å². The lowest BCUT2D eigenvalue weighted by atomic mass is 9.89. The summed E-state index contributed by atoms with van der Waals surface area (Å²) in [4.78, 5) is 0. The van der Waals surface area contributed by atoms with Crippen molar-refractivity contribution in [2.24, 2.45) is 5.92 Å². The quantitative estimate of drug-likeness (QED) is 0.689. The number of rotatable bonds is 3. The molecular formula is C17H19F. The second kappa shape index (κ2) is 5.34. The molecule has 1 heteroatoms. The molecule has 1 unspecified atom stereocenters. The monoisotopic (exact) mass is 242 g/mol. The summed E-state index contributed by atoms with van der Waals surface area (Å²) in [6.07, 6.45) is 0. The predicted octanol–water partition coefficient (Wildman–Crippen LogP) is 5.25. The van der Waals surface area contributed by atoms with E-state index in [2.05, 4.69) is 45.0 Å². The first-order valence-electron chi connectivity index (χ1n) is 6.44. The Hall–Kier alpha value is -1.63. The summed E-state index contributed by atoms with van der Waals surface area (Å²) in [7, 11) is 0. The van der Waals surface area contributed by atoms with Crippen LogP contribution in [-0.2, 0) is 0 Å². The highest BCUT2D eigenvalue weighted by atomic mass is 19.1. The zero-order chi connectivity index (χ0) is 13.1. The van der Waals surface area contributed by atoms with Crippen molar-refractivity contribution in [3.63, 3.8) is 0 Å². The number of benzene rings is 2. The minimum Gasteiger partial charge on any atom is -0.207 e. The van der Waals surface area contributed by atoms with Gasteiger partial charge in [0.05, 0.1) is 0 Å². The molecule has 0 heterocycles. The van der Waals surface area contributed by atoms with Gasteiger partial charge in [0.1, 0.15) is 5.82 Å². The molecule has 0 saturated heterocycles. The van der Waals surface area contributed by atoms with Crippen LogP contribution < -0.4 is 0 Å². The number of hydrogen-bond donors (Lipinski definition) is 0. The van der Waals surface area contributed by atoms with Gasteiger partial charge in [-0.3, -0.25) is 0 Å². The molecule has 18 heavy (non-hydrogen) atoms. The van der Waals surface area contributed by atoms with Crippen molar-refractivity contribution in [3.8, 4) is 11.1 Å². The van der Waals surface area contributed by atoms with Crippen molar-refractivity contribution < 1.29 is 4.39 Å². The summed E-state index contributed by atoms with van der Waals surface area (Å²) >= 11 is 0. The largest absolute Gasteiger partial charge is 0.207 e. The third kappa shape index (κ3) is 2.79. The molecule has 1 atom stereocenters. The van der Waals surface area contributed by atoms with Crippen LogP contribution in [0.5, 0.6) is 0 Å². The summed E-state index contributed by atoms with van der Waals surface area (Å²) in [5.41, 5.74) is 3.55. The molecule has 0 spiro atoms. The molecule has 0 aliphatic carbocycles. The van der Waals surface area contributed by atoms with Crippen LogP contribution in [0.25, 0.3) is 11.1 Å². The SMILES string of the molecule is CC(C)C(C)c1ccc(-c2ccc(F)cc2)cc1. The van der Waals surface area contributed by atoms with Gasteiger partial charge >= 0.3 is 0 Å². The minimum absolute atomic E-state index is 0.191. The van der Waals surface area contributed by atoms with E-state index in [-0.39, 0.29) is 5.82 Å². The van der Waals surface area contributed by atoms with Crippen molar-refractivity contribution in [2.45, 2.75) is 26.7 Å². The second-order valence-electron chi connectivity index (χ2n) is 5.16. The van der Waals surface area contributed by atoms with Crippen LogP contribution in [0.2, 0.25) is 0 Å². The van der Waals surface area contributed by atoms with E-state index in [1.54, 1.807) is 0 Å². The maximum Gasteiger partial charge on any atom is 0.123 e. The van der Waals surface area contributed by atoms with Gasteiger partial charge in [0.15, 0.2) is 0 Å². The van der Waals surface area contributed by atoms with E-state index in [0.717, 1.165) is 11.1 Å². The van der Waals surface area contributed by atoms with Gasteiger partial charge in [0, 0.05) is 0 Å². The lowest BCUT2D eigenvalue weighted by Crippen LogP contribution is -2.01. The van der Waals surface area contributed by atoms with Gasteiger partial charge in [0.2, 0.25) is 0 Å². The molecule has 0 amide bonds. The van der Waals surface area contributed by atoms with Crippen molar-refractivity contribution in [1.29, 1.82) is 0 Å². The van der Waals surface area contributed by atoms with Gasteiger partial charge in [-0.2, -0.15) is 0 Å². The van der Waals surface area contributed by atoms with Crippen LogP contribution in [0.1, 0.15) is 32.3 Å². The van der Waals surface area contributed by atoms with Gasteiger partial charge < -0.3 is 0 Å². The van der Waals surface area contributed by atoms with E-state index in [1.165, 1.54) is 17.7 Å². The van der Waals surface area contributed by atoms with E-state index >= 15 is 0 Å².